The minimum Gasteiger partial charge on any atom is -0.482 e. The number of hydrogen-bond donors (Lipinski definition) is 0. The van der Waals surface area contributed by atoms with Crippen LogP contribution in [-0.4, -0.2) is 28.2 Å². The van der Waals surface area contributed by atoms with Crippen LogP contribution in [0.4, 0.5) is 0 Å². The van der Waals surface area contributed by atoms with Crippen molar-refractivity contribution in [2.45, 2.75) is 60.2 Å². The summed E-state index contributed by atoms with van der Waals surface area (Å²) >= 11 is 0. The van der Waals surface area contributed by atoms with E-state index >= 15 is 0 Å². The van der Waals surface area contributed by atoms with Crippen LogP contribution in [0.5, 0.6) is 5.75 Å². The summed E-state index contributed by atoms with van der Waals surface area (Å²) in [5.74, 6) is 0.361. The summed E-state index contributed by atoms with van der Waals surface area (Å²) in [7, 11) is -0.881. The summed E-state index contributed by atoms with van der Waals surface area (Å²) < 4.78 is 17.0. The molecule has 0 spiro atoms. The van der Waals surface area contributed by atoms with Crippen LogP contribution in [0, 0.1) is 5.41 Å². The Bertz CT molecular complexity index is 535. The monoisotopic (exact) mass is 351 g/mol. The third kappa shape index (κ3) is 6.28. The van der Waals surface area contributed by atoms with Crippen LogP contribution in [-0.2, 0) is 20.4 Å². The van der Waals surface area contributed by atoms with Gasteiger partial charge in [-0.15, -0.1) is 0 Å². The van der Waals surface area contributed by atoms with E-state index in [9.17, 15) is 4.79 Å². The molecule has 0 saturated heterocycles. The summed E-state index contributed by atoms with van der Waals surface area (Å²) in [5.41, 5.74) is 2.09. The highest BCUT2D eigenvalue weighted by molar-refractivity contribution is 6.48. The Morgan fingerprint density at radius 1 is 1.21 bits per heavy atom. The molecule has 135 valence electrons. The second-order valence-electron chi connectivity index (χ2n) is 7.09. The molecule has 0 amide bonds. The number of aryl methyl sites for hydroxylation is 1. The zero-order valence-corrected chi connectivity index (χ0v) is 17.1. The van der Waals surface area contributed by atoms with Crippen LogP contribution in [0.3, 0.4) is 0 Å². The van der Waals surface area contributed by atoms with Crippen molar-refractivity contribution in [1.82, 2.24) is 0 Å². The van der Waals surface area contributed by atoms with Gasteiger partial charge in [0.15, 0.2) is 6.61 Å². The molecule has 0 heterocycles. The number of rotatable bonds is 8. The molecule has 0 saturated carbocycles. The SMILES string of the molecule is CCOC(=O)COc1cc(CC)ccc1C(O[Si](C)C)C(C)(C)C. The van der Waals surface area contributed by atoms with Crippen LogP contribution in [0.1, 0.15) is 51.8 Å². The number of carbonyl (C=O) groups is 1. The fourth-order valence-electron chi connectivity index (χ4n) is 2.42. The lowest BCUT2D eigenvalue weighted by Gasteiger charge is -2.34. The summed E-state index contributed by atoms with van der Waals surface area (Å²) in [6.45, 7) is 14.9. The highest BCUT2D eigenvalue weighted by Crippen LogP contribution is 2.41. The maximum Gasteiger partial charge on any atom is 0.344 e. The van der Waals surface area contributed by atoms with E-state index in [0.29, 0.717) is 12.4 Å². The second-order valence-corrected chi connectivity index (χ2v) is 9.14. The lowest BCUT2D eigenvalue weighted by atomic mass is 9.84. The van der Waals surface area contributed by atoms with E-state index in [4.69, 9.17) is 13.9 Å². The van der Waals surface area contributed by atoms with Crippen LogP contribution in [0.25, 0.3) is 0 Å². The molecule has 0 N–H and O–H groups in total. The van der Waals surface area contributed by atoms with Crippen molar-refractivity contribution >= 4 is 15.0 Å². The molecule has 1 atom stereocenters. The topological polar surface area (TPSA) is 44.8 Å². The fourth-order valence-corrected chi connectivity index (χ4v) is 3.37. The highest BCUT2D eigenvalue weighted by Gasteiger charge is 2.30. The first-order chi connectivity index (χ1) is 11.2. The van der Waals surface area contributed by atoms with Gasteiger partial charge in [-0.25, -0.2) is 4.79 Å². The maximum atomic E-state index is 11.7. The molecule has 4 nitrogen and oxygen atoms in total. The van der Waals surface area contributed by atoms with Crippen molar-refractivity contribution in [3.05, 3.63) is 29.3 Å². The number of carbonyl (C=O) groups excluding carboxylic acids is 1. The minimum absolute atomic E-state index is 0.0717. The molecule has 0 bridgehead atoms. The summed E-state index contributed by atoms with van der Waals surface area (Å²) in [6, 6.07) is 6.18. The van der Waals surface area contributed by atoms with Gasteiger partial charge in [0.1, 0.15) is 5.75 Å². The van der Waals surface area contributed by atoms with Crippen molar-refractivity contribution in [1.29, 1.82) is 0 Å². The van der Waals surface area contributed by atoms with Gasteiger partial charge in [-0.05, 0) is 43.5 Å². The Balaban J connectivity index is 3.16. The fraction of sp³-hybridized carbons (Fsp3) is 0.632. The smallest absolute Gasteiger partial charge is 0.344 e. The molecule has 0 aliphatic heterocycles. The van der Waals surface area contributed by atoms with E-state index in [2.05, 4.69) is 52.9 Å². The Morgan fingerprint density at radius 2 is 1.88 bits per heavy atom. The van der Waals surface area contributed by atoms with Gasteiger partial charge in [0, 0.05) is 5.56 Å². The molecular formula is C19H31O4Si. The van der Waals surface area contributed by atoms with Gasteiger partial charge in [0.25, 0.3) is 0 Å². The Hall–Kier alpha value is -1.33. The predicted molar refractivity (Wildman–Crippen MR) is 98.7 cm³/mol. The van der Waals surface area contributed by atoms with E-state index in [-0.39, 0.29) is 24.1 Å². The average molecular weight is 352 g/mol. The summed E-state index contributed by atoms with van der Waals surface area (Å²) in [5, 5.41) is 0. The maximum absolute atomic E-state index is 11.7. The lowest BCUT2D eigenvalue weighted by Crippen LogP contribution is -2.27. The van der Waals surface area contributed by atoms with Crippen LogP contribution < -0.4 is 4.74 Å². The van der Waals surface area contributed by atoms with Gasteiger partial charge in [0.2, 0.25) is 9.04 Å². The quantitative estimate of drug-likeness (QED) is 0.509. The van der Waals surface area contributed by atoms with Crippen LogP contribution in [0.2, 0.25) is 13.1 Å². The van der Waals surface area contributed by atoms with Crippen LogP contribution in [0.15, 0.2) is 18.2 Å². The number of esters is 1. The largest absolute Gasteiger partial charge is 0.482 e. The van der Waals surface area contributed by atoms with Crippen molar-refractivity contribution in [3.63, 3.8) is 0 Å². The molecule has 1 aromatic rings. The first kappa shape index (κ1) is 20.7. The predicted octanol–water partition coefficient (Wildman–Crippen LogP) is 4.55. The zero-order valence-electron chi connectivity index (χ0n) is 16.1. The van der Waals surface area contributed by atoms with Gasteiger partial charge >= 0.3 is 5.97 Å². The highest BCUT2D eigenvalue weighted by atomic mass is 28.3. The minimum atomic E-state index is -0.881. The molecule has 24 heavy (non-hydrogen) atoms. The van der Waals surface area contributed by atoms with Gasteiger partial charge < -0.3 is 13.9 Å². The van der Waals surface area contributed by atoms with Gasteiger partial charge in [-0.1, -0.05) is 39.8 Å². The molecule has 0 aromatic heterocycles. The van der Waals surface area contributed by atoms with Gasteiger partial charge in [-0.2, -0.15) is 0 Å². The van der Waals surface area contributed by atoms with Gasteiger partial charge in [0.05, 0.1) is 12.7 Å². The molecule has 0 fully saturated rings. The molecule has 1 rings (SSSR count). The molecule has 0 aliphatic rings. The zero-order chi connectivity index (χ0) is 18.3. The van der Waals surface area contributed by atoms with E-state index in [0.717, 1.165) is 12.0 Å². The van der Waals surface area contributed by atoms with E-state index in [1.165, 1.54) is 5.56 Å². The normalized spacial score (nSPS) is 13.0. The Morgan fingerprint density at radius 3 is 2.38 bits per heavy atom. The van der Waals surface area contributed by atoms with Crippen molar-refractivity contribution in [3.8, 4) is 5.75 Å². The van der Waals surface area contributed by atoms with E-state index in [1.807, 2.05) is 6.07 Å². The molecule has 1 aromatic carbocycles. The second kappa shape index (κ2) is 9.23. The average Bonchev–Trinajstić information content (AvgIpc) is 2.49. The first-order valence-corrected chi connectivity index (χ1v) is 11.0. The summed E-state index contributed by atoms with van der Waals surface area (Å²) in [6.07, 6.45) is 0.831. The van der Waals surface area contributed by atoms with Crippen LogP contribution >= 0.6 is 0 Å². The molecule has 0 aliphatic carbocycles. The third-order valence-electron chi connectivity index (χ3n) is 3.56. The lowest BCUT2D eigenvalue weighted by molar-refractivity contribution is -0.145. The molecule has 5 heteroatoms. The third-order valence-corrected chi connectivity index (χ3v) is 4.27. The number of benzene rings is 1. The van der Waals surface area contributed by atoms with E-state index in [1.54, 1.807) is 6.92 Å². The standard InChI is InChI=1S/C19H31O4Si/c1-8-14-10-11-15(18(19(3,4)5)23-24(6)7)16(12-14)22-13-17(20)21-9-2/h10-12,18H,8-9,13H2,1-7H3. The number of hydrogen-bond acceptors (Lipinski definition) is 4. The molecular weight excluding hydrogens is 320 g/mol. The van der Waals surface area contributed by atoms with Crippen molar-refractivity contribution in [2.24, 2.45) is 5.41 Å². The number of ether oxygens (including phenoxy) is 2. The Kier molecular flexibility index (Phi) is 7.96. The van der Waals surface area contributed by atoms with E-state index < -0.39 is 9.04 Å². The van der Waals surface area contributed by atoms with Crippen molar-refractivity contribution in [2.75, 3.05) is 13.2 Å². The van der Waals surface area contributed by atoms with Crippen molar-refractivity contribution < 1.29 is 18.7 Å². The first-order valence-electron chi connectivity index (χ1n) is 8.57. The Labute approximate surface area is 148 Å². The molecule has 1 unspecified atom stereocenters. The molecule has 1 radical (unpaired) electrons. The van der Waals surface area contributed by atoms with Gasteiger partial charge in [-0.3, -0.25) is 0 Å². The summed E-state index contributed by atoms with van der Waals surface area (Å²) in [4.78, 5) is 11.7.